The number of rotatable bonds is 7. The lowest BCUT2D eigenvalue weighted by Gasteiger charge is -2.30. The maximum Gasteiger partial charge on any atom is 0.335 e. The maximum absolute atomic E-state index is 12.8. The van der Waals surface area contributed by atoms with E-state index >= 15 is 0 Å². The minimum absolute atomic E-state index is 0.00130. The van der Waals surface area contributed by atoms with Gasteiger partial charge in [-0.3, -0.25) is 4.72 Å². The van der Waals surface area contributed by atoms with Crippen molar-refractivity contribution < 1.29 is 27.8 Å². The highest BCUT2D eigenvalue weighted by molar-refractivity contribution is 7.92. The van der Waals surface area contributed by atoms with Crippen molar-refractivity contribution in [3.05, 3.63) is 48.0 Å². The zero-order chi connectivity index (χ0) is 20.1. The van der Waals surface area contributed by atoms with Crippen molar-refractivity contribution in [3.8, 4) is 5.75 Å². The maximum atomic E-state index is 12.8. The molecule has 0 aromatic heterocycles. The van der Waals surface area contributed by atoms with E-state index in [9.17, 15) is 18.3 Å². The predicted octanol–water partition coefficient (Wildman–Crippen LogP) is 2.42. The Labute approximate surface area is 163 Å². The van der Waals surface area contributed by atoms with Crippen LogP contribution in [0.3, 0.4) is 0 Å². The van der Waals surface area contributed by atoms with Gasteiger partial charge < -0.3 is 19.5 Å². The molecule has 2 aromatic carbocycles. The summed E-state index contributed by atoms with van der Waals surface area (Å²) in [5, 5.41) is 9.28. The Morgan fingerprint density at radius 3 is 2.46 bits per heavy atom. The predicted molar refractivity (Wildman–Crippen MR) is 105 cm³/mol. The van der Waals surface area contributed by atoms with Crippen molar-refractivity contribution in [3.63, 3.8) is 0 Å². The van der Waals surface area contributed by atoms with Crippen LogP contribution < -0.4 is 14.4 Å². The summed E-state index contributed by atoms with van der Waals surface area (Å²) in [4.78, 5) is 13.4. The lowest BCUT2D eigenvalue weighted by atomic mass is 10.1. The van der Waals surface area contributed by atoms with Gasteiger partial charge in [0.15, 0.2) is 0 Å². The van der Waals surface area contributed by atoms with Gasteiger partial charge in [0.25, 0.3) is 10.0 Å². The minimum Gasteiger partial charge on any atom is -0.494 e. The normalized spacial score (nSPS) is 14.5. The van der Waals surface area contributed by atoms with Crippen molar-refractivity contribution in [2.75, 3.05) is 42.5 Å². The standard InChI is InChI=1S/C19H22N2O6S/c1-2-27-15-4-6-16(7-5-15)28(24,25)20-17-13-14(19(22)23)3-8-18(17)21-9-11-26-12-10-21/h3-8,13,20H,2,9-12H2,1H3,(H,22,23). The number of ether oxygens (including phenoxy) is 2. The molecule has 1 heterocycles. The highest BCUT2D eigenvalue weighted by Gasteiger charge is 2.21. The first-order valence-electron chi connectivity index (χ1n) is 8.86. The van der Waals surface area contributed by atoms with Crippen LogP contribution in [0.4, 0.5) is 11.4 Å². The van der Waals surface area contributed by atoms with Gasteiger partial charge in [0.2, 0.25) is 0 Å². The van der Waals surface area contributed by atoms with E-state index in [-0.39, 0.29) is 16.1 Å². The van der Waals surface area contributed by atoms with Crippen LogP contribution in [-0.2, 0) is 14.8 Å². The summed E-state index contributed by atoms with van der Waals surface area (Å²) >= 11 is 0. The molecule has 0 spiro atoms. The second-order valence-electron chi connectivity index (χ2n) is 6.15. The van der Waals surface area contributed by atoms with Gasteiger partial charge in [-0.15, -0.1) is 0 Å². The zero-order valence-corrected chi connectivity index (χ0v) is 16.2. The average Bonchev–Trinajstić information content (AvgIpc) is 2.69. The van der Waals surface area contributed by atoms with Gasteiger partial charge in [0.1, 0.15) is 5.75 Å². The second-order valence-corrected chi connectivity index (χ2v) is 7.83. The molecule has 1 aliphatic heterocycles. The number of aromatic carboxylic acids is 1. The van der Waals surface area contributed by atoms with E-state index < -0.39 is 16.0 Å². The summed E-state index contributed by atoms with van der Waals surface area (Å²) in [6.45, 7) is 4.54. The smallest absolute Gasteiger partial charge is 0.335 e. The van der Waals surface area contributed by atoms with Crippen molar-refractivity contribution in [2.45, 2.75) is 11.8 Å². The first-order valence-corrected chi connectivity index (χ1v) is 10.3. The Balaban J connectivity index is 1.93. The van der Waals surface area contributed by atoms with Crippen molar-refractivity contribution in [1.82, 2.24) is 0 Å². The Kier molecular flexibility index (Phi) is 6.05. The van der Waals surface area contributed by atoms with Gasteiger partial charge in [-0.2, -0.15) is 0 Å². The topological polar surface area (TPSA) is 105 Å². The van der Waals surface area contributed by atoms with Crippen molar-refractivity contribution in [1.29, 1.82) is 0 Å². The van der Waals surface area contributed by atoms with E-state index in [1.807, 2.05) is 11.8 Å². The molecule has 8 nitrogen and oxygen atoms in total. The Hall–Kier alpha value is -2.78. The Morgan fingerprint density at radius 1 is 1.18 bits per heavy atom. The number of hydrogen-bond donors (Lipinski definition) is 2. The average molecular weight is 406 g/mol. The summed E-state index contributed by atoms with van der Waals surface area (Å²) in [7, 11) is -3.91. The van der Waals surface area contributed by atoms with E-state index in [4.69, 9.17) is 9.47 Å². The molecular weight excluding hydrogens is 384 g/mol. The van der Waals surface area contributed by atoms with Crippen LogP contribution in [0.25, 0.3) is 0 Å². The minimum atomic E-state index is -3.91. The Bertz CT molecular complexity index is 937. The number of sulfonamides is 1. The van der Waals surface area contributed by atoms with Crippen molar-refractivity contribution >= 4 is 27.4 Å². The number of carboxylic acid groups (broad SMARTS) is 1. The number of morpholine rings is 1. The molecule has 0 saturated carbocycles. The molecule has 0 bridgehead atoms. The van der Waals surface area contributed by atoms with Crippen LogP contribution in [-0.4, -0.2) is 52.4 Å². The van der Waals surface area contributed by atoms with Gasteiger partial charge in [0.05, 0.1) is 41.7 Å². The lowest BCUT2D eigenvalue weighted by Crippen LogP contribution is -2.36. The highest BCUT2D eigenvalue weighted by atomic mass is 32.2. The number of nitrogens with one attached hydrogen (secondary N) is 1. The monoisotopic (exact) mass is 406 g/mol. The molecule has 1 aliphatic rings. The molecule has 9 heteroatoms. The van der Waals surface area contributed by atoms with Crippen molar-refractivity contribution in [2.24, 2.45) is 0 Å². The number of nitrogens with zero attached hydrogens (tertiary/aromatic N) is 1. The quantitative estimate of drug-likeness (QED) is 0.727. The van der Waals surface area contributed by atoms with E-state index in [0.717, 1.165) is 0 Å². The van der Waals surface area contributed by atoms with Crippen LogP contribution >= 0.6 is 0 Å². The molecular formula is C19H22N2O6S. The number of anilines is 2. The summed E-state index contributed by atoms with van der Waals surface area (Å²) in [5.41, 5.74) is 0.833. The lowest BCUT2D eigenvalue weighted by molar-refractivity contribution is 0.0697. The fourth-order valence-electron chi connectivity index (χ4n) is 2.92. The third-order valence-corrected chi connectivity index (χ3v) is 5.67. The van der Waals surface area contributed by atoms with E-state index in [0.29, 0.717) is 44.3 Å². The summed E-state index contributed by atoms with van der Waals surface area (Å²) in [5.74, 6) is -0.557. The van der Waals surface area contributed by atoms with Gasteiger partial charge in [0, 0.05) is 13.1 Å². The van der Waals surface area contributed by atoms with Gasteiger partial charge >= 0.3 is 5.97 Å². The fourth-order valence-corrected chi connectivity index (χ4v) is 3.98. The van der Waals surface area contributed by atoms with Crippen LogP contribution in [0.15, 0.2) is 47.4 Å². The largest absolute Gasteiger partial charge is 0.494 e. The SMILES string of the molecule is CCOc1ccc(S(=O)(=O)Nc2cc(C(=O)O)ccc2N2CCOCC2)cc1. The molecule has 0 amide bonds. The van der Waals surface area contributed by atoms with E-state index in [2.05, 4.69) is 4.72 Å². The molecule has 0 atom stereocenters. The zero-order valence-electron chi connectivity index (χ0n) is 15.4. The molecule has 0 aliphatic carbocycles. The number of benzene rings is 2. The molecule has 0 unspecified atom stereocenters. The molecule has 2 N–H and O–H groups in total. The molecule has 1 fully saturated rings. The molecule has 3 rings (SSSR count). The van der Waals surface area contributed by atoms with Crippen LogP contribution in [0.5, 0.6) is 5.75 Å². The summed E-state index contributed by atoms with van der Waals surface area (Å²) in [6.07, 6.45) is 0. The summed E-state index contributed by atoms with van der Waals surface area (Å²) < 4.78 is 38.9. The highest BCUT2D eigenvalue weighted by Crippen LogP contribution is 2.30. The van der Waals surface area contributed by atoms with E-state index in [1.165, 1.54) is 24.3 Å². The number of carboxylic acids is 1. The molecule has 1 saturated heterocycles. The molecule has 28 heavy (non-hydrogen) atoms. The van der Waals surface area contributed by atoms with Crippen LogP contribution in [0.1, 0.15) is 17.3 Å². The third kappa shape index (κ3) is 4.55. The molecule has 150 valence electrons. The number of hydrogen-bond acceptors (Lipinski definition) is 6. The third-order valence-electron chi connectivity index (χ3n) is 4.28. The second kappa shape index (κ2) is 8.49. The van der Waals surface area contributed by atoms with Crippen LogP contribution in [0.2, 0.25) is 0 Å². The first kappa shape index (κ1) is 20.0. The van der Waals surface area contributed by atoms with E-state index in [1.54, 1.807) is 18.2 Å². The number of carbonyl (C=O) groups is 1. The van der Waals surface area contributed by atoms with Gasteiger partial charge in [-0.25, -0.2) is 13.2 Å². The fraction of sp³-hybridized carbons (Fsp3) is 0.316. The molecule has 2 aromatic rings. The van der Waals surface area contributed by atoms with Crippen LogP contribution in [0, 0.1) is 0 Å². The summed E-state index contributed by atoms with van der Waals surface area (Å²) in [6, 6.07) is 10.5. The van der Waals surface area contributed by atoms with Gasteiger partial charge in [-0.05, 0) is 49.4 Å². The Morgan fingerprint density at radius 2 is 1.86 bits per heavy atom. The van der Waals surface area contributed by atoms with Gasteiger partial charge in [-0.1, -0.05) is 0 Å². The molecule has 0 radical (unpaired) electrons. The first-order chi connectivity index (χ1) is 13.4.